The van der Waals surface area contributed by atoms with Crippen molar-refractivity contribution in [2.45, 2.75) is 32.5 Å². The Morgan fingerprint density at radius 1 is 1.16 bits per heavy atom. The predicted octanol–water partition coefficient (Wildman–Crippen LogP) is -1.11. The summed E-state index contributed by atoms with van der Waals surface area (Å²) in [6.07, 6.45) is -1.61. The van der Waals surface area contributed by atoms with E-state index in [1.807, 2.05) is 0 Å². The number of amides is 1. The minimum absolute atomic E-state index is 0.0790. The number of aliphatic hydroxyl groups excluding tert-OH is 2. The average Bonchev–Trinajstić information content (AvgIpc) is 2.25. The van der Waals surface area contributed by atoms with E-state index < -0.39 is 24.1 Å². The van der Waals surface area contributed by atoms with Gasteiger partial charge in [0, 0.05) is 26.1 Å². The minimum atomic E-state index is -1.04. The molecule has 7 nitrogen and oxygen atoms in total. The third-order valence-electron chi connectivity index (χ3n) is 2.54. The van der Waals surface area contributed by atoms with Gasteiger partial charge < -0.3 is 25.5 Å². The molecule has 112 valence electrons. The highest BCUT2D eigenvalue weighted by atomic mass is 16.4. The Balaban J connectivity index is 4.63. The molecule has 0 aromatic rings. The zero-order valence-corrected chi connectivity index (χ0v) is 11.7. The molecule has 3 atom stereocenters. The fourth-order valence-electron chi connectivity index (χ4n) is 1.75. The first-order valence-electron chi connectivity index (χ1n) is 6.29. The Labute approximate surface area is 113 Å². The first kappa shape index (κ1) is 17.8. The van der Waals surface area contributed by atoms with E-state index >= 15 is 0 Å². The molecule has 19 heavy (non-hydrogen) atoms. The molecule has 0 aliphatic rings. The second kappa shape index (κ2) is 8.84. The van der Waals surface area contributed by atoms with Crippen LogP contribution in [0.25, 0.3) is 0 Å². The summed E-state index contributed by atoms with van der Waals surface area (Å²) in [5, 5.41) is 30.4. The topological polar surface area (TPSA) is 110 Å². The lowest BCUT2D eigenvalue weighted by Crippen LogP contribution is -2.42. The van der Waals surface area contributed by atoms with Crippen LogP contribution < -0.4 is 5.32 Å². The van der Waals surface area contributed by atoms with Crippen LogP contribution in [0.5, 0.6) is 0 Å². The lowest BCUT2D eigenvalue weighted by Gasteiger charge is -2.26. The molecule has 0 bridgehead atoms. The van der Waals surface area contributed by atoms with Crippen molar-refractivity contribution in [1.29, 1.82) is 0 Å². The summed E-state index contributed by atoms with van der Waals surface area (Å²) in [5.41, 5.74) is 0. The smallest absolute Gasteiger partial charge is 0.308 e. The summed E-state index contributed by atoms with van der Waals surface area (Å²) in [4.78, 5) is 24.3. The fourth-order valence-corrected chi connectivity index (χ4v) is 1.75. The molecular weight excluding hydrogens is 252 g/mol. The van der Waals surface area contributed by atoms with Crippen LogP contribution in [0.2, 0.25) is 0 Å². The lowest BCUT2D eigenvalue weighted by molar-refractivity contribution is -0.146. The number of rotatable bonds is 9. The number of carbonyl (C=O) groups is 2. The van der Waals surface area contributed by atoms with Crippen LogP contribution in [-0.4, -0.2) is 71.0 Å². The molecule has 0 aromatic carbocycles. The molecule has 7 heteroatoms. The molecule has 0 radical (unpaired) electrons. The summed E-state index contributed by atoms with van der Waals surface area (Å²) < 4.78 is 0. The second-order valence-electron chi connectivity index (χ2n) is 4.79. The molecule has 0 fully saturated rings. The van der Waals surface area contributed by atoms with Crippen LogP contribution in [-0.2, 0) is 9.59 Å². The Morgan fingerprint density at radius 3 is 1.95 bits per heavy atom. The third-order valence-corrected chi connectivity index (χ3v) is 2.54. The van der Waals surface area contributed by atoms with Gasteiger partial charge in [0.15, 0.2) is 0 Å². The molecule has 0 saturated carbocycles. The van der Waals surface area contributed by atoms with Crippen molar-refractivity contribution in [3.63, 3.8) is 0 Å². The summed E-state index contributed by atoms with van der Waals surface area (Å²) in [5.74, 6) is -2.25. The summed E-state index contributed by atoms with van der Waals surface area (Å²) >= 11 is 0. The first-order chi connectivity index (χ1) is 8.77. The largest absolute Gasteiger partial charge is 0.481 e. The number of aliphatic hydroxyl groups is 2. The Bertz CT molecular complexity index is 284. The number of nitrogens with zero attached hydrogens (tertiary/aromatic N) is 1. The molecule has 0 aromatic heterocycles. The van der Waals surface area contributed by atoms with E-state index in [0.717, 1.165) is 0 Å². The maximum absolute atomic E-state index is 12.0. The summed E-state index contributed by atoms with van der Waals surface area (Å²) in [7, 11) is 1.61. The number of nitrogens with one attached hydrogen (secondary N) is 1. The van der Waals surface area contributed by atoms with Crippen molar-refractivity contribution in [1.82, 2.24) is 10.2 Å². The highest BCUT2D eigenvalue weighted by Gasteiger charge is 2.25. The van der Waals surface area contributed by atoms with Gasteiger partial charge in [-0.3, -0.25) is 9.59 Å². The van der Waals surface area contributed by atoms with Crippen LogP contribution >= 0.6 is 0 Å². The van der Waals surface area contributed by atoms with E-state index in [9.17, 15) is 19.8 Å². The molecule has 0 heterocycles. The Hall–Kier alpha value is -1.18. The quantitative estimate of drug-likeness (QED) is 0.425. The molecule has 1 amide bonds. The van der Waals surface area contributed by atoms with E-state index in [4.69, 9.17) is 5.11 Å². The minimum Gasteiger partial charge on any atom is -0.481 e. The number of carboxylic acid groups (broad SMARTS) is 1. The number of carboxylic acids is 1. The number of hydrogen-bond acceptors (Lipinski definition) is 5. The SMILES string of the molecule is CNCC(CC(=O)N(CC(C)O)CC(C)O)C(=O)O. The van der Waals surface area contributed by atoms with Crippen molar-refractivity contribution < 1.29 is 24.9 Å². The highest BCUT2D eigenvalue weighted by molar-refractivity contribution is 5.82. The van der Waals surface area contributed by atoms with Gasteiger partial charge in [-0.2, -0.15) is 0 Å². The van der Waals surface area contributed by atoms with Crippen molar-refractivity contribution in [2.24, 2.45) is 5.92 Å². The molecular formula is C12H24N2O5. The van der Waals surface area contributed by atoms with E-state index in [1.165, 1.54) is 18.7 Å². The van der Waals surface area contributed by atoms with Gasteiger partial charge in [-0.25, -0.2) is 0 Å². The van der Waals surface area contributed by atoms with Crippen LogP contribution in [0.3, 0.4) is 0 Å². The molecule has 4 N–H and O–H groups in total. The maximum Gasteiger partial charge on any atom is 0.308 e. The van der Waals surface area contributed by atoms with E-state index in [0.29, 0.717) is 0 Å². The molecule has 0 rings (SSSR count). The standard InChI is InChI=1S/C12H24N2O5/c1-8(15)6-14(7-9(2)16)11(17)4-10(5-13-3)12(18)19/h8-10,13,15-16H,4-7H2,1-3H3,(H,18,19). The lowest BCUT2D eigenvalue weighted by atomic mass is 10.0. The van der Waals surface area contributed by atoms with Gasteiger partial charge in [0.2, 0.25) is 5.91 Å². The third kappa shape index (κ3) is 7.76. The molecule has 0 aliphatic carbocycles. The highest BCUT2D eigenvalue weighted by Crippen LogP contribution is 2.08. The molecule has 0 aliphatic heterocycles. The van der Waals surface area contributed by atoms with Gasteiger partial charge in [-0.15, -0.1) is 0 Å². The first-order valence-corrected chi connectivity index (χ1v) is 6.29. The number of aliphatic carboxylic acids is 1. The van der Waals surface area contributed by atoms with E-state index in [1.54, 1.807) is 7.05 Å². The molecule has 0 saturated heterocycles. The second-order valence-corrected chi connectivity index (χ2v) is 4.79. The monoisotopic (exact) mass is 276 g/mol. The fraction of sp³-hybridized carbons (Fsp3) is 0.833. The summed E-state index contributed by atoms with van der Waals surface area (Å²) in [6.45, 7) is 3.42. The van der Waals surface area contributed by atoms with Gasteiger partial charge in [-0.05, 0) is 20.9 Å². The van der Waals surface area contributed by atoms with Crippen molar-refractivity contribution in [3.8, 4) is 0 Å². The van der Waals surface area contributed by atoms with Crippen molar-refractivity contribution in [3.05, 3.63) is 0 Å². The molecule has 0 spiro atoms. The zero-order valence-electron chi connectivity index (χ0n) is 11.7. The van der Waals surface area contributed by atoms with Crippen LogP contribution in [0, 0.1) is 5.92 Å². The van der Waals surface area contributed by atoms with E-state index in [-0.39, 0.29) is 32.0 Å². The van der Waals surface area contributed by atoms with Crippen LogP contribution in [0.1, 0.15) is 20.3 Å². The van der Waals surface area contributed by atoms with Gasteiger partial charge in [0.05, 0.1) is 18.1 Å². The van der Waals surface area contributed by atoms with E-state index in [2.05, 4.69) is 5.32 Å². The number of carbonyl (C=O) groups excluding carboxylic acids is 1. The van der Waals surface area contributed by atoms with Crippen LogP contribution in [0.4, 0.5) is 0 Å². The molecule has 3 unspecified atom stereocenters. The van der Waals surface area contributed by atoms with Crippen molar-refractivity contribution >= 4 is 11.9 Å². The van der Waals surface area contributed by atoms with Gasteiger partial charge in [-0.1, -0.05) is 0 Å². The average molecular weight is 276 g/mol. The Morgan fingerprint density at radius 2 is 1.63 bits per heavy atom. The maximum atomic E-state index is 12.0. The number of hydrogen-bond donors (Lipinski definition) is 4. The van der Waals surface area contributed by atoms with Crippen LogP contribution in [0.15, 0.2) is 0 Å². The summed E-state index contributed by atoms with van der Waals surface area (Å²) in [6, 6.07) is 0. The van der Waals surface area contributed by atoms with Crippen molar-refractivity contribution in [2.75, 3.05) is 26.7 Å². The van der Waals surface area contributed by atoms with Gasteiger partial charge in [0.25, 0.3) is 0 Å². The normalized spacial score (nSPS) is 15.6. The van der Waals surface area contributed by atoms with Gasteiger partial charge >= 0.3 is 5.97 Å². The Kier molecular flexibility index (Phi) is 8.29. The zero-order chi connectivity index (χ0) is 15.0. The van der Waals surface area contributed by atoms with Gasteiger partial charge in [0.1, 0.15) is 0 Å². The predicted molar refractivity (Wildman–Crippen MR) is 69.6 cm³/mol.